The minimum Gasteiger partial charge on any atom is -0.494 e. The van der Waals surface area contributed by atoms with Crippen molar-refractivity contribution in [3.63, 3.8) is 0 Å². The number of carbonyl (C=O) groups is 2. The number of amides is 1. The normalized spacial score (nSPS) is 25.2. The molecule has 1 aromatic carbocycles. The fraction of sp³-hybridized carbons (Fsp3) is 0.500. The van der Waals surface area contributed by atoms with Crippen molar-refractivity contribution in [2.24, 2.45) is 17.8 Å². The summed E-state index contributed by atoms with van der Waals surface area (Å²) in [5.41, 5.74) is 1.33. The summed E-state index contributed by atoms with van der Waals surface area (Å²) in [6.07, 6.45) is 5.24. The number of ketones is 1. The molecule has 2 unspecified atom stereocenters. The highest BCUT2D eigenvalue weighted by Gasteiger charge is 2.50. The quantitative estimate of drug-likeness (QED) is 0.668. The molecule has 1 aliphatic carbocycles. The molecule has 0 aromatic heterocycles. The number of nitrogens with one attached hydrogen (secondary N) is 1. The maximum Gasteiger partial charge on any atom is 0.221 e. The lowest BCUT2D eigenvalue weighted by atomic mass is 9.66. The number of rotatable bonds is 7. The van der Waals surface area contributed by atoms with Crippen LogP contribution in [0.5, 0.6) is 5.75 Å². The molecular weight excluding hydrogens is 385 g/mol. The second-order valence-electron chi connectivity index (χ2n) is 8.40. The fourth-order valence-corrected chi connectivity index (χ4v) is 4.71. The Bertz CT molecular complexity index is 893. The predicted molar refractivity (Wildman–Crippen MR) is 114 cm³/mol. The summed E-state index contributed by atoms with van der Waals surface area (Å²) in [6.45, 7) is 9.82. The number of anilines is 1. The third-order valence-electron chi connectivity index (χ3n) is 6.49. The van der Waals surface area contributed by atoms with E-state index in [4.69, 9.17) is 9.47 Å². The molecule has 3 rings (SSSR count). The number of halogens is 1. The molecule has 30 heavy (non-hydrogen) atoms. The van der Waals surface area contributed by atoms with Crippen molar-refractivity contribution in [1.82, 2.24) is 0 Å². The third kappa shape index (κ3) is 4.06. The van der Waals surface area contributed by atoms with Gasteiger partial charge in [0.2, 0.25) is 5.91 Å². The number of fused-ring (bicyclic) bond motifs is 1. The van der Waals surface area contributed by atoms with E-state index in [2.05, 4.69) is 11.9 Å². The van der Waals surface area contributed by atoms with Crippen LogP contribution >= 0.6 is 0 Å². The van der Waals surface area contributed by atoms with Gasteiger partial charge in [0.15, 0.2) is 5.78 Å². The first kappa shape index (κ1) is 22.2. The van der Waals surface area contributed by atoms with E-state index in [-0.39, 0.29) is 35.2 Å². The van der Waals surface area contributed by atoms with E-state index in [0.29, 0.717) is 37.1 Å². The van der Waals surface area contributed by atoms with Crippen LogP contribution in [-0.4, -0.2) is 31.0 Å². The Kier molecular flexibility index (Phi) is 6.46. The monoisotopic (exact) mass is 415 g/mol. The van der Waals surface area contributed by atoms with Gasteiger partial charge in [0.05, 0.1) is 25.0 Å². The Balaban J connectivity index is 1.93. The number of ether oxygens (including phenoxy) is 2. The summed E-state index contributed by atoms with van der Waals surface area (Å²) < 4.78 is 26.3. The number of carbonyl (C=O) groups excluding carboxylic acids is 2. The summed E-state index contributed by atoms with van der Waals surface area (Å²) in [5.74, 6) is -0.473. The SMILES string of the molecule is C=CC(C)[C@H]1C[C@]2(C(C)Cc3cc(NC(C)=O)c(OC)cc3F)OCCC2=CC1=O. The van der Waals surface area contributed by atoms with Gasteiger partial charge in [-0.15, -0.1) is 6.58 Å². The highest BCUT2D eigenvalue weighted by molar-refractivity contribution is 5.94. The molecule has 162 valence electrons. The second kappa shape index (κ2) is 8.72. The van der Waals surface area contributed by atoms with Gasteiger partial charge in [-0.25, -0.2) is 4.39 Å². The van der Waals surface area contributed by atoms with E-state index in [1.165, 1.54) is 20.1 Å². The van der Waals surface area contributed by atoms with Gasteiger partial charge in [0.25, 0.3) is 0 Å². The topological polar surface area (TPSA) is 64.6 Å². The van der Waals surface area contributed by atoms with Crippen molar-refractivity contribution in [3.8, 4) is 5.75 Å². The average molecular weight is 416 g/mol. The second-order valence-corrected chi connectivity index (χ2v) is 8.40. The van der Waals surface area contributed by atoms with E-state index < -0.39 is 11.4 Å². The summed E-state index contributed by atoms with van der Waals surface area (Å²) in [6, 6.07) is 2.92. The largest absolute Gasteiger partial charge is 0.494 e. The molecule has 0 radical (unpaired) electrons. The van der Waals surface area contributed by atoms with Crippen LogP contribution in [0.3, 0.4) is 0 Å². The molecule has 0 spiro atoms. The zero-order chi connectivity index (χ0) is 22.1. The first-order chi connectivity index (χ1) is 14.2. The molecule has 1 saturated heterocycles. The minimum atomic E-state index is -0.587. The molecule has 5 nitrogen and oxygen atoms in total. The lowest BCUT2D eigenvalue weighted by Crippen LogP contribution is -2.46. The maximum absolute atomic E-state index is 14.8. The van der Waals surface area contributed by atoms with Crippen LogP contribution in [0, 0.1) is 23.6 Å². The number of hydrogen-bond donors (Lipinski definition) is 1. The van der Waals surface area contributed by atoms with Crippen molar-refractivity contribution in [2.45, 2.75) is 45.6 Å². The first-order valence-corrected chi connectivity index (χ1v) is 10.4. The van der Waals surface area contributed by atoms with E-state index in [1.807, 2.05) is 13.8 Å². The molecule has 1 aromatic rings. The zero-order valence-corrected chi connectivity index (χ0v) is 18.1. The highest BCUT2D eigenvalue weighted by atomic mass is 19.1. The van der Waals surface area contributed by atoms with Crippen molar-refractivity contribution in [1.29, 1.82) is 0 Å². The number of methoxy groups -OCH3 is 1. The summed E-state index contributed by atoms with van der Waals surface area (Å²) in [4.78, 5) is 24.2. The number of benzene rings is 1. The number of hydrogen-bond acceptors (Lipinski definition) is 4. The summed E-state index contributed by atoms with van der Waals surface area (Å²) in [5, 5.41) is 2.70. The van der Waals surface area contributed by atoms with Crippen LogP contribution in [0.25, 0.3) is 0 Å². The van der Waals surface area contributed by atoms with E-state index in [1.54, 1.807) is 18.2 Å². The Morgan fingerprint density at radius 2 is 2.20 bits per heavy atom. The molecule has 6 heteroatoms. The molecular formula is C24H30FNO4. The Morgan fingerprint density at radius 3 is 2.83 bits per heavy atom. The van der Waals surface area contributed by atoms with Crippen LogP contribution < -0.4 is 10.1 Å². The minimum absolute atomic E-state index is 0.0349. The van der Waals surface area contributed by atoms with Crippen LogP contribution in [-0.2, 0) is 20.7 Å². The average Bonchev–Trinajstić information content (AvgIpc) is 3.12. The predicted octanol–water partition coefficient (Wildman–Crippen LogP) is 4.47. The molecule has 1 amide bonds. The Labute approximate surface area is 177 Å². The van der Waals surface area contributed by atoms with Crippen LogP contribution in [0.2, 0.25) is 0 Å². The van der Waals surface area contributed by atoms with Gasteiger partial charge >= 0.3 is 0 Å². The van der Waals surface area contributed by atoms with Crippen molar-refractivity contribution in [3.05, 3.63) is 47.8 Å². The lowest BCUT2D eigenvalue weighted by molar-refractivity contribution is -0.124. The molecule has 1 heterocycles. The van der Waals surface area contributed by atoms with Crippen molar-refractivity contribution in [2.75, 3.05) is 19.0 Å². The van der Waals surface area contributed by atoms with Gasteiger partial charge in [-0.05, 0) is 54.4 Å². The Hall–Kier alpha value is -2.47. The van der Waals surface area contributed by atoms with Gasteiger partial charge in [0.1, 0.15) is 11.6 Å². The van der Waals surface area contributed by atoms with Crippen molar-refractivity contribution < 1.29 is 23.5 Å². The standard InChI is InChI=1S/C24H30FNO4/c1-6-14(2)19-13-24(18(7-8-30-24)11-22(19)28)15(3)9-17-10-21(26-16(4)27)23(29-5)12-20(17)25/h6,10-12,14-15,19H,1,7-9,13H2,2-5H3,(H,26,27)/t14?,15?,19-,24-/m1/s1. The summed E-state index contributed by atoms with van der Waals surface area (Å²) in [7, 11) is 1.44. The van der Waals surface area contributed by atoms with Gasteiger partial charge in [-0.1, -0.05) is 19.9 Å². The molecule has 0 bridgehead atoms. The molecule has 1 fully saturated rings. The van der Waals surface area contributed by atoms with E-state index in [0.717, 1.165) is 5.57 Å². The molecule has 1 N–H and O–H groups in total. The van der Waals surface area contributed by atoms with Crippen LogP contribution in [0.4, 0.5) is 10.1 Å². The van der Waals surface area contributed by atoms with Crippen LogP contribution in [0.1, 0.15) is 39.2 Å². The fourth-order valence-electron chi connectivity index (χ4n) is 4.71. The molecule has 0 saturated carbocycles. The maximum atomic E-state index is 14.8. The third-order valence-corrected chi connectivity index (χ3v) is 6.49. The molecule has 4 atom stereocenters. The van der Waals surface area contributed by atoms with Crippen molar-refractivity contribution >= 4 is 17.4 Å². The van der Waals surface area contributed by atoms with Gasteiger partial charge in [-0.3, -0.25) is 9.59 Å². The number of allylic oxidation sites excluding steroid dienone is 2. The first-order valence-electron chi connectivity index (χ1n) is 10.4. The smallest absolute Gasteiger partial charge is 0.221 e. The van der Waals surface area contributed by atoms with Crippen LogP contribution in [0.15, 0.2) is 36.4 Å². The Morgan fingerprint density at radius 1 is 1.47 bits per heavy atom. The highest BCUT2D eigenvalue weighted by Crippen LogP contribution is 2.48. The molecule has 1 aliphatic heterocycles. The zero-order valence-electron chi connectivity index (χ0n) is 18.1. The van der Waals surface area contributed by atoms with Gasteiger partial charge in [-0.2, -0.15) is 0 Å². The van der Waals surface area contributed by atoms with Gasteiger partial charge < -0.3 is 14.8 Å². The molecule has 2 aliphatic rings. The van der Waals surface area contributed by atoms with Gasteiger partial charge in [0, 0.05) is 18.9 Å². The summed E-state index contributed by atoms with van der Waals surface area (Å²) >= 11 is 0. The van der Waals surface area contributed by atoms with E-state index in [9.17, 15) is 14.0 Å². The lowest BCUT2D eigenvalue weighted by Gasteiger charge is -2.42. The van der Waals surface area contributed by atoms with E-state index >= 15 is 0 Å².